The Labute approximate surface area is 211 Å². The summed E-state index contributed by atoms with van der Waals surface area (Å²) in [7, 11) is -4.15. The van der Waals surface area contributed by atoms with Gasteiger partial charge >= 0.3 is 10.0 Å². The third kappa shape index (κ3) is 6.90. The average molecular weight is 520 g/mol. The highest BCUT2D eigenvalue weighted by Crippen LogP contribution is 2.21. The van der Waals surface area contributed by atoms with Crippen molar-refractivity contribution in [2.24, 2.45) is 0 Å². The number of allylic oxidation sites excluding steroid dienone is 1. The van der Waals surface area contributed by atoms with Gasteiger partial charge < -0.3 is 25.1 Å². The number of amides is 1. The summed E-state index contributed by atoms with van der Waals surface area (Å²) in [6.45, 7) is 3.25. The van der Waals surface area contributed by atoms with Gasteiger partial charge in [-0.1, -0.05) is 48.5 Å². The molecular weight excluding hydrogens is 487 g/mol. The molecule has 2 aromatic rings. The van der Waals surface area contributed by atoms with Gasteiger partial charge in [-0.25, -0.2) is 8.70 Å². The summed E-state index contributed by atoms with van der Waals surface area (Å²) in [5.74, 6) is -0.598. The smallest absolute Gasteiger partial charge is 0.332 e. The van der Waals surface area contributed by atoms with Crippen LogP contribution in [0.15, 0.2) is 72.1 Å². The predicted octanol–water partition coefficient (Wildman–Crippen LogP) is 1.74. The average Bonchev–Trinajstić information content (AvgIpc) is 2.91. The van der Waals surface area contributed by atoms with Crippen LogP contribution in [0.2, 0.25) is 0 Å². The van der Waals surface area contributed by atoms with Crippen LogP contribution in [0.25, 0.3) is 0 Å². The minimum absolute atomic E-state index is 0.0625. The lowest BCUT2D eigenvalue weighted by Gasteiger charge is -2.34. The van der Waals surface area contributed by atoms with E-state index in [4.69, 9.17) is 14.9 Å². The SMILES string of the molecule is CCOCCO/C(C(=O)Nc1ccccc1)=C(/C=N)N1CC[NH+](S(=O)(=O)C(F)c2ccccc2)CC1. The Balaban J connectivity index is 1.76. The van der Waals surface area contributed by atoms with E-state index in [0.29, 0.717) is 12.3 Å². The van der Waals surface area contributed by atoms with Crippen molar-refractivity contribution in [3.63, 3.8) is 0 Å². The lowest BCUT2D eigenvalue weighted by atomic mass is 10.2. The van der Waals surface area contributed by atoms with Crippen molar-refractivity contribution in [3.8, 4) is 0 Å². The molecule has 1 heterocycles. The molecule has 0 spiro atoms. The van der Waals surface area contributed by atoms with E-state index >= 15 is 0 Å². The van der Waals surface area contributed by atoms with E-state index in [0.717, 1.165) is 6.21 Å². The lowest BCUT2D eigenvalue weighted by molar-refractivity contribution is -0.774. The Bertz CT molecular complexity index is 1140. The van der Waals surface area contributed by atoms with Crippen LogP contribution in [0.1, 0.15) is 18.0 Å². The molecule has 1 fully saturated rings. The summed E-state index contributed by atoms with van der Waals surface area (Å²) in [5, 5.41) is 10.7. The number of carbonyl (C=O) groups excluding carboxylic acids is 1. The summed E-state index contributed by atoms with van der Waals surface area (Å²) in [6, 6.07) is 16.6. The number of benzene rings is 2. The van der Waals surface area contributed by atoms with Crippen molar-refractivity contribution in [2.45, 2.75) is 12.4 Å². The molecule has 0 radical (unpaired) electrons. The lowest BCUT2D eigenvalue weighted by Crippen LogP contribution is -3.16. The number of halogens is 1. The highest BCUT2D eigenvalue weighted by Gasteiger charge is 2.39. The van der Waals surface area contributed by atoms with E-state index in [1.54, 1.807) is 47.4 Å². The number of carbonyl (C=O) groups is 1. The van der Waals surface area contributed by atoms with Crippen molar-refractivity contribution in [1.29, 1.82) is 5.41 Å². The summed E-state index contributed by atoms with van der Waals surface area (Å²) in [4.78, 5) is 14.8. The highest BCUT2D eigenvalue weighted by atomic mass is 32.2. The molecule has 1 atom stereocenters. The van der Waals surface area contributed by atoms with Crippen LogP contribution in [0, 0.1) is 5.41 Å². The number of hydrogen-bond donors (Lipinski definition) is 3. The largest absolute Gasteiger partial charge is 0.484 e. The molecule has 2 aromatic carbocycles. The molecule has 1 unspecified atom stereocenters. The minimum atomic E-state index is -4.15. The second-order valence-electron chi connectivity index (χ2n) is 8.02. The molecule has 36 heavy (non-hydrogen) atoms. The van der Waals surface area contributed by atoms with Crippen LogP contribution < -0.4 is 9.62 Å². The highest BCUT2D eigenvalue weighted by molar-refractivity contribution is 7.85. The molecule has 0 aliphatic carbocycles. The summed E-state index contributed by atoms with van der Waals surface area (Å²) < 4.78 is 51.8. The maximum Gasteiger partial charge on any atom is 0.332 e. The van der Waals surface area contributed by atoms with Gasteiger partial charge in [-0.05, 0) is 19.1 Å². The van der Waals surface area contributed by atoms with Gasteiger partial charge in [-0.3, -0.25) is 4.79 Å². The standard InChI is InChI=1S/C25H31FN4O5S/c1-2-34-17-18-35-23(25(31)28-21-11-7-4-8-12-21)22(19-27)29-13-15-30(16-14-29)36(32,33)24(26)20-9-5-3-6-10-20/h3-12,19,24,27H,2,13-18H2,1H3,(H,28,31)/p+1/b23-22-,27-19?. The van der Waals surface area contributed by atoms with Crippen LogP contribution in [0.4, 0.5) is 10.1 Å². The number of ether oxygens (including phenoxy) is 2. The molecule has 1 aliphatic rings. The Kier molecular flexibility index (Phi) is 9.97. The molecule has 0 aromatic heterocycles. The molecule has 1 amide bonds. The Morgan fingerprint density at radius 3 is 2.31 bits per heavy atom. The zero-order valence-electron chi connectivity index (χ0n) is 20.2. The normalized spacial score (nSPS) is 16.1. The fourth-order valence-electron chi connectivity index (χ4n) is 3.82. The number of anilines is 1. The number of nitrogens with zero attached hydrogens (tertiary/aromatic N) is 1. The van der Waals surface area contributed by atoms with Gasteiger partial charge in [0.2, 0.25) is 5.76 Å². The van der Waals surface area contributed by atoms with Crippen LogP contribution in [-0.2, 0) is 24.3 Å². The number of piperazine rings is 1. The third-order valence-electron chi connectivity index (χ3n) is 5.68. The fourth-order valence-corrected chi connectivity index (χ4v) is 5.38. The van der Waals surface area contributed by atoms with Crippen molar-refractivity contribution in [3.05, 3.63) is 77.7 Å². The predicted molar refractivity (Wildman–Crippen MR) is 135 cm³/mol. The van der Waals surface area contributed by atoms with Gasteiger partial charge in [0.15, 0.2) is 0 Å². The van der Waals surface area contributed by atoms with Crippen molar-refractivity contribution < 1.29 is 31.4 Å². The first-order chi connectivity index (χ1) is 17.4. The monoisotopic (exact) mass is 519 g/mol. The van der Waals surface area contributed by atoms with Gasteiger partial charge in [0.25, 0.3) is 11.4 Å². The zero-order chi connectivity index (χ0) is 26.0. The molecule has 11 heteroatoms. The minimum Gasteiger partial charge on any atom is -0.484 e. The second-order valence-corrected chi connectivity index (χ2v) is 10.1. The van der Waals surface area contributed by atoms with Gasteiger partial charge in [-0.2, -0.15) is 8.42 Å². The van der Waals surface area contributed by atoms with Crippen molar-refractivity contribution in [2.75, 3.05) is 51.3 Å². The van der Waals surface area contributed by atoms with Crippen molar-refractivity contribution in [1.82, 2.24) is 4.90 Å². The summed E-state index contributed by atoms with van der Waals surface area (Å²) in [6.07, 6.45) is 1.02. The summed E-state index contributed by atoms with van der Waals surface area (Å²) in [5.41, 5.74) is -1.26. The maximum absolute atomic E-state index is 14.9. The number of rotatable bonds is 12. The molecule has 0 saturated carbocycles. The third-order valence-corrected chi connectivity index (χ3v) is 7.71. The number of para-hydroxylation sites is 1. The van der Waals surface area contributed by atoms with E-state index in [1.165, 1.54) is 12.1 Å². The molecule has 3 N–H and O–H groups in total. The van der Waals surface area contributed by atoms with Gasteiger partial charge in [0.05, 0.1) is 19.7 Å². The van der Waals surface area contributed by atoms with Gasteiger partial charge in [0.1, 0.15) is 25.4 Å². The molecule has 9 nitrogen and oxygen atoms in total. The first-order valence-corrected chi connectivity index (χ1v) is 13.3. The molecule has 3 rings (SSSR count). The van der Waals surface area contributed by atoms with Crippen LogP contribution >= 0.6 is 0 Å². The van der Waals surface area contributed by atoms with Crippen LogP contribution in [0.3, 0.4) is 0 Å². The maximum atomic E-state index is 14.9. The number of quaternary nitrogens is 1. The van der Waals surface area contributed by atoms with E-state index in [9.17, 15) is 17.6 Å². The van der Waals surface area contributed by atoms with Crippen LogP contribution in [-0.4, -0.2) is 71.4 Å². The van der Waals surface area contributed by atoms with E-state index in [-0.39, 0.29) is 60.7 Å². The first kappa shape index (κ1) is 27.3. The summed E-state index contributed by atoms with van der Waals surface area (Å²) >= 11 is 0. The topological polar surface area (TPSA) is 113 Å². The number of sulfonamides is 1. The Morgan fingerprint density at radius 2 is 1.72 bits per heavy atom. The Hall–Kier alpha value is -3.28. The first-order valence-electron chi connectivity index (χ1n) is 11.7. The molecule has 194 valence electrons. The fraction of sp³-hybridized carbons (Fsp3) is 0.360. The van der Waals surface area contributed by atoms with E-state index < -0.39 is 21.4 Å². The van der Waals surface area contributed by atoms with Crippen molar-refractivity contribution >= 4 is 27.8 Å². The number of alkyl halides is 1. The second kappa shape index (κ2) is 13.1. The Morgan fingerprint density at radius 1 is 1.11 bits per heavy atom. The van der Waals surface area contributed by atoms with Gasteiger partial charge in [0, 0.05) is 24.1 Å². The number of hydrogen-bond acceptors (Lipinski definition) is 7. The van der Waals surface area contributed by atoms with Gasteiger partial charge in [-0.15, -0.1) is 0 Å². The zero-order valence-corrected chi connectivity index (χ0v) is 21.0. The number of nitrogens with one attached hydrogen (secondary N) is 3. The van der Waals surface area contributed by atoms with Crippen LogP contribution in [0.5, 0.6) is 0 Å². The van der Waals surface area contributed by atoms with E-state index in [1.807, 2.05) is 13.0 Å². The molecule has 1 aliphatic heterocycles. The molecule has 1 saturated heterocycles. The molecular formula is C25H32FN4O5S+. The quantitative estimate of drug-likeness (QED) is 0.170. The molecule has 0 bridgehead atoms. The van der Waals surface area contributed by atoms with E-state index in [2.05, 4.69) is 5.32 Å².